The molecule has 0 saturated heterocycles. The third-order valence-electron chi connectivity index (χ3n) is 2.41. The maximum Gasteiger partial charge on any atom is 0.102 e. The number of nitrogens with two attached hydrogens (primary N) is 1. The molecule has 3 nitrogen and oxygen atoms in total. The van der Waals surface area contributed by atoms with E-state index in [1.54, 1.807) is 12.1 Å². The molecule has 1 aromatic carbocycles. The maximum atomic E-state index is 9.83. The van der Waals surface area contributed by atoms with Gasteiger partial charge < -0.3 is 15.6 Å². The van der Waals surface area contributed by atoms with E-state index in [1.165, 1.54) is 0 Å². The Morgan fingerprint density at radius 1 is 1.38 bits per heavy atom. The number of nitrogen functional groups attached to an aromatic ring is 1. The molecule has 0 aliphatic rings. The van der Waals surface area contributed by atoms with Gasteiger partial charge in [0.05, 0.1) is 6.61 Å². The SMILES string of the molecule is CC(C)CCOCC(O)c1cccc(N)c1. The normalized spacial score (nSPS) is 13.0. The molecule has 90 valence electrons. The predicted molar refractivity (Wildman–Crippen MR) is 66.1 cm³/mol. The van der Waals surface area contributed by atoms with Crippen molar-refractivity contribution in [3.63, 3.8) is 0 Å². The molecule has 1 rings (SSSR count). The lowest BCUT2D eigenvalue weighted by atomic mass is 10.1. The first-order valence-corrected chi connectivity index (χ1v) is 5.71. The summed E-state index contributed by atoms with van der Waals surface area (Å²) in [6.07, 6.45) is 0.430. The van der Waals surface area contributed by atoms with Crippen LogP contribution in [0.4, 0.5) is 5.69 Å². The minimum Gasteiger partial charge on any atom is -0.399 e. The standard InChI is InChI=1S/C13H21NO2/c1-10(2)6-7-16-9-13(15)11-4-3-5-12(14)8-11/h3-5,8,10,13,15H,6-7,9,14H2,1-2H3. The van der Waals surface area contributed by atoms with Crippen LogP contribution in [0, 0.1) is 5.92 Å². The largest absolute Gasteiger partial charge is 0.399 e. The van der Waals surface area contributed by atoms with E-state index in [2.05, 4.69) is 13.8 Å². The van der Waals surface area contributed by atoms with Crippen LogP contribution in [-0.4, -0.2) is 18.3 Å². The highest BCUT2D eigenvalue weighted by atomic mass is 16.5. The zero-order valence-corrected chi connectivity index (χ0v) is 10.0. The zero-order valence-electron chi connectivity index (χ0n) is 10.0. The minimum atomic E-state index is -0.587. The van der Waals surface area contributed by atoms with Crippen molar-refractivity contribution < 1.29 is 9.84 Å². The summed E-state index contributed by atoms with van der Waals surface area (Å²) in [5, 5.41) is 9.83. The molecule has 0 radical (unpaired) electrons. The molecule has 0 aromatic heterocycles. The topological polar surface area (TPSA) is 55.5 Å². The predicted octanol–water partition coefficient (Wildman–Crippen LogP) is 2.36. The van der Waals surface area contributed by atoms with Crippen molar-refractivity contribution in [3.8, 4) is 0 Å². The van der Waals surface area contributed by atoms with Crippen LogP contribution in [0.2, 0.25) is 0 Å². The Morgan fingerprint density at radius 2 is 2.12 bits per heavy atom. The number of benzene rings is 1. The Hall–Kier alpha value is -1.06. The summed E-state index contributed by atoms with van der Waals surface area (Å²) in [5.74, 6) is 0.629. The van der Waals surface area contributed by atoms with Gasteiger partial charge in [-0.3, -0.25) is 0 Å². The fourth-order valence-corrected chi connectivity index (χ4v) is 1.38. The fourth-order valence-electron chi connectivity index (χ4n) is 1.38. The number of rotatable bonds is 6. The molecular formula is C13H21NO2. The number of aliphatic hydroxyl groups is 1. The van der Waals surface area contributed by atoms with E-state index in [9.17, 15) is 5.11 Å². The van der Waals surface area contributed by atoms with Gasteiger partial charge in [-0.2, -0.15) is 0 Å². The number of ether oxygens (including phenoxy) is 1. The van der Waals surface area contributed by atoms with Crippen LogP contribution in [0.15, 0.2) is 24.3 Å². The van der Waals surface area contributed by atoms with Gasteiger partial charge in [0.1, 0.15) is 6.10 Å². The first-order chi connectivity index (χ1) is 7.59. The van der Waals surface area contributed by atoms with Crippen molar-refractivity contribution in [2.24, 2.45) is 5.92 Å². The summed E-state index contributed by atoms with van der Waals surface area (Å²) in [6, 6.07) is 7.27. The highest BCUT2D eigenvalue weighted by Gasteiger charge is 2.07. The molecular weight excluding hydrogens is 202 g/mol. The number of anilines is 1. The van der Waals surface area contributed by atoms with Gasteiger partial charge in [0.25, 0.3) is 0 Å². The van der Waals surface area contributed by atoms with Gasteiger partial charge in [-0.15, -0.1) is 0 Å². The van der Waals surface area contributed by atoms with Crippen LogP contribution in [0.5, 0.6) is 0 Å². The maximum absolute atomic E-state index is 9.83. The Labute approximate surface area is 97.2 Å². The third-order valence-corrected chi connectivity index (χ3v) is 2.41. The second-order valence-corrected chi connectivity index (χ2v) is 4.44. The summed E-state index contributed by atoms with van der Waals surface area (Å²) < 4.78 is 5.41. The average Bonchev–Trinajstić information content (AvgIpc) is 2.24. The molecule has 0 aliphatic heterocycles. The summed E-state index contributed by atoms with van der Waals surface area (Å²) in [4.78, 5) is 0. The van der Waals surface area contributed by atoms with Crippen molar-refractivity contribution >= 4 is 5.69 Å². The molecule has 16 heavy (non-hydrogen) atoms. The van der Waals surface area contributed by atoms with Crippen molar-refractivity contribution in [2.75, 3.05) is 18.9 Å². The Morgan fingerprint density at radius 3 is 2.75 bits per heavy atom. The highest BCUT2D eigenvalue weighted by Crippen LogP contribution is 2.16. The molecule has 0 bridgehead atoms. The molecule has 1 unspecified atom stereocenters. The van der Waals surface area contributed by atoms with Gasteiger partial charge in [0.2, 0.25) is 0 Å². The van der Waals surface area contributed by atoms with E-state index < -0.39 is 6.10 Å². The third kappa shape index (κ3) is 4.64. The summed E-state index contributed by atoms with van der Waals surface area (Å²) >= 11 is 0. The monoisotopic (exact) mass is 223 g/mol. The van der Waals surface area contributed by atoms with Crippen LogP contribution in [0.25, 0.3) is 0 Å². The van der Waals surface area contributed by atoms with Gasteiger partial charge >= 0.3 is 0 Å². The van der Waals surface area contributed by atoms with Gasteiger partial charge in [-0.05, 0) is 30.0 Å². The van der Waals surface area contributed by atoms with Crippen LogP contribution in [0.3, 0.4) is 0 Å². The van der Waals surface area contributed by atoms with Crippen molar-refractivity contribution in [3.05, 3.63) is 29.8 Å². The van der Waals surface area contributed by atoms with Gasteiger partial charge in [0.15, 0.2) is 0 Å². The lowest BCUT2D eigenvalue weighted by Gasteiger charge is -2.12. The Bertz CT molecular complexity index is 313. The van der Waals surface area contributed by atoms with Crippen LogP contribution >= 0.6 is 0 Å². The van der Waals surface area contributed by atoms with Gasteiger partial charge in [0, 0.05) is 12.3 Å². The van der Waals surface area contributed by atoms with E-state index in [-0.39, 0.29) is 0 Å². The first-order valence-electron chi connectivity index (χ1n) is 5.71. The number of hydrogen-bond donors (Lipinski definition) is 2. The van der Waals surface area contributed by atoms with Crippen molar-refractivity contribution in [2.45, 2.75) is 26.4 Å². The Kier molecular flexibility index (Phi) is 5.29. The number of hydrogen-bond acceptors (Lipinski definition) is 3. The molecule has 0 fully saturated rings. The highest BCUT2D eigenvalue weighted by molar-refractivity contribution is 5.41. The Balaban J connectivity index is 2.32. The molecule has 0 spiro atoms. The van der Waals surface area contributed by atoms with Gasteiger partial charge in [-0.1, -0.05) is 26.0 Å². The molecule has 3 N–H and O–H groups in total. The minimum absolute atomic E-state index is 0.330. The summed E-state index contributed by atoms with van der Waals surface area (Å²) in [5.41, 5.74) is 7.11. The second kappa shape index (κ2) is 6.51. The second-order valence-electron chi connectivity index (χ2n) is 4.44. The van der Waals surface area contributed by atoms with E-state index in [0.717, 1.165) is 12.0 Å². The fraction of sp³-hybridized carbons (Fsp3) is 0.538. The van der Waals surface area contributed by atoms with Gasteiger partial charge in [-0.25, -0.2) is 0 Å². The molecule has 3 heteroatoms. The summed E-state index contributed by atoms with van der Waals surface area (Å²) in [7, 11) is 0. The van der Waals surface area contributed by atoms with Crippen LogP contribution in [-0.2, 0) is 4.74 Å². The van der Waals surface area contributed by atoms with Crippen molar-refractivity contribution in [1.29, 1.82) is 0 Å². The van der Waals surface area contributed by atoms with E-state index in [4.69, 9.17) is 10.5 Å². The van der Waals surface area contributed by atoms with Crippen LogP contribution < -0.4 is 5.73 Å². The van der Waals surface area contributed by atoms with Crippen LogP contribution in [0.1, 0.15) is 31.9 Å². The first kappa shape index (κ1) is 13.0. The molecule has 0 aliphatic carbocycles. The molecule has 1 atom stereocenters. The van der Waals surface area contributed by atoms with E-state index in [1.807, 2.05) is 12.1 Å². The zero-order chi connectivity index (χ0) is 12.0. The van der Waals surface area contributed by atoms with E-state index >= 15 is 0 Å². The number of aliphatic hydroxyl groups excluding tert-OH is 1. The van der Waals surface area contributed by atoms with Crippen molar-refractivity contribution in [1.82, 2.24) is 0 Å². The smallest absolute Gasteiger partial charge is 0.102 e. The molecule has 0 saturated carbocycles. The summed E-state index contributed by atoms with van der Waals surface area (Å²) in [6.45, 7) is 5.32. The molecule has 1 aromatic rings. The quantitative estimate of drug-likeness (QED) is 0.575. The molecule has 0 amide bonds. The average molecular weight is 223 g/mol. The molecule has 0 heterocycles. The lowest BCUT2D eigenvalue weighted by molar-refractivity contribution is 0.0319. The lowest BCUT2D eigenvalue weighted by Crippen LogP contribution is -2.09. The van der Waals surface area contributed by atoms with E-state index in [0.29, 0.717) is 24.8 Å².